The summed E-state index contributed by atoms with van der Waals surface area (Å²) in [6.45, 7) is 4.02. The van der Waals surface area contributed by atoms with Crippen molar-refractivity contribution in [3.05, 3.63) is 28.2 Å². The van der Waals surface area contributed by atoms with Gasteiger partial charge >= 0.3 is 0 Å². The fraction of sp³-hybridized carbons (Fsp3) is 0.417. The highest BCUT2D eigenvalue weighted by Crippen LogP contribution is 2.26. The number of benzene rings is 1. The van der Waals surface area contributed by atoms with Gasteiger partial charge in [0.25, 0.3) is 0 Å². The molecule has 16 heavy (non-hydrogen) atoms. The van der Waals surface area contributed by atoms with Gasteiger partial charge in [0.1, 0.15) is 5.75 Å². The summed E-state index contributed by atoms with van der Waals surface area (Å²) in [6, 6.07) is 5.92. The van der Waals surface area contributed by atoms with Crippen molar-refractivity contribution in [1.29, 1.82) is 0 Å². The monoisotopic (exact) mass is 284 g/mol. The number of rotatable bonds is 4. The Kier molecular flexibility index (Phi) is 4.80. The van der Waals surface area contributed by atoms with E-state index in [2.05, 4.69) is 21.0 Å². The molecule has 0 atom stereocenters. The number of ether oxygens (including phenoxy) is 1. The van der Waals surface area contributed by atoms with Crippen LogP contribution in [-0.2, 0) is 0 Å². The summed E-state index contributed by atoms with van der Waals surface area (Å²) in [6.07, 6.45) is 1.99. The molecule has 0 aliphatic carbocycles. The molecule has 0 aliphatic heterocycles. The van der Waals surface area contributed by atoms with Crippen molar-refractivity contribution in [3.63, 3.8) is 0 Å². The van der Waals surface area contributed by atoms with Crippen LogP contribution in [0.2, 0.25) is 0 Å². The third kappa shape index (κ3) is 4.23. The Morgan fingerprint density at radius 1 is 1.38 bits per heavy atom. The van der Waals surface area contributed by atoms with Gasteiger partial charge in [-0.15, -0.1) is 0 Å². The largest absolute Gasteiger partial charge is 0.490 e. The van der Waals surface area contributed by atoms with Crippen molar-refractivity contribution < 1.29 is 4.74 Å². The Labute approximate surface area is 105 Å². The van der Waals surface area contributed by atoms with E-state index in [1.165, 1.54) is 0 Å². The van der Waals surface area contributed by atoms with Crippen LogP contribution in [0.5, 0.6) is 5.75 Å². The maximum absolute atomic E-state index is 5.62. The second-order valence-electron chi connectivity index (χ2n) is 3.95. The maximum atomic E-state index is 5.62. The van der Waals surface area contributed by atoms with Crippen molar-refractivity contribution >= 4 is 22.1 Å². The molecule has 0 saturated carbocycles. The van der Waals surface area contributed by atoms with Gasteiger partial charge in [0.15, 0.2) is 0 Å². The number of hydrogen-bond donors (Lipinski definition) is 0. The molecule has 1 rings (SSSR count). The molecule has 0 N–H and O–H groups in total. The van der Waals surface area contributed by atoms with Crippen LogP contribution in [0.1, 0.15) is 19.4 Å². The fourth-order valence-electron chi connectivity index (χ4n) is 1.13. The third-order valence-corrected chi connectivity index (χ3v) is 2.38. The topological polar surface area (TPSA) is 24.8 Å². The molecule has 0 spiro atoms. The highest BCUT2D eigenvalue weighted by atomic mass is 79.9. The van der Waals surface area contributed by atoms with Crippen molar-refractivity contribution in [2.75, 3.05) is 14.1 Å². The van der Waals surface area contributed by atoms with Crippen LogP contribution in [0.3, 0.4) is 0 Å². The summed E-state index contributed by atoms with van der Waals surface area (Å²) in [7, 11) is 3.78. The molecule has 0 bridgehead atoms. The van der Waals surface area contributed by atoms with Crippen molar-refractivity contribution in [3.8, 4) is 5.75 Å². The lowest BCUT2D eigenvalue weighted by atomic mass is 10.2. The summed E-state index contributed by atoms with van der Waals surface area (Å²) < 4.78 is 6.57. The van der Waals surface area contributed by atoms with E-state index in [1.54, 1.807) is 5.01 Å². The zero-order chi connectivity index (χ0) is 12.1. The molecule has 1 aromatic rings. The lowest BCUT2D eigenvalue weighted by molar-refractivity contribution is 0.241. The molecular formula is C12H17BrN2O. The smallest absolute Gasteiger partial charge is 0.133 e. The molecule has 3 nitrogen and oxygen atoms in total. The van der Waals surface area contributed by atoms with E-state index >= 15 is 0 Å². The molecule has 0 radical (unpaired) electrons. The second-order valence-corrected chi connectivity index (χ2v) is 4.80. The second kappa shape index (κ2) is 5.89. The molecule has 0 heterocycles. The van der Waals surface area contributed by atoms with Crippen LogP contribution in [0, 0.1) is 0 Å². The Morgan fingerprint density at radius 2 is 2.06 bits per heavy atom. The van der Waals surface area contributed by atoms with Gasteiger partial charge in [0, 0.05) is 14.1 Å². The normalized spacial score (nSPS) is 11.1. The van der Waals surface area contributed by atoms with E-state index in [0.29, 0.717) is 0 Å². The summed E-state index contributed by atoms with van der Waals surface area (Å²) in [5.74, 6) is 0.858. The Hall–Kier alpha value is -1.03. The van der Waals surface area contributed by atoms with Gasteiger partial charge < -0.3 is 9.75 Å². The molecule has 0 amide bonds. The molecule has 0 aliphatic rings. The van der Waals surface area contributed by atoms with E-state index in [0.717, 1.165) is 15.8 Å². The standard InChI is InChI=1S/C12H17BrN2O/c1-9(2)16-12-6-5-10(7-11(12)13)8-14-15(3)4/h5-9H,1-4H3/b14-8+. The molecule has 0 aromatic heterocycles. The summed E-state index contributed by atoms with van der Waals surface area (Å²) in [5, 5.41) is 5.93. The van der Waals surface area contributed by atoms with Gasteiger partial charge in [-0.1, -0.05) is 0 Å². The zero-order valence-electron chi connectivity index (χ0n) is 10.1. The Balaban J connectivity index is 2.82. The Morgan fingerprint density at radius 3 is 2.56 bits per heavy atom. The number of halogens is 1. The van der Waals surface area contributed by atoms with E-state index in [1.807, 2.05) is 52.4 Å². The maximum Gasteiger partial charge on any atom is 0.133 e. The van der Waals surface area contributed by atoms with Gasteiger partial charge in [-0.3, -0.25) is 0 Å². The van der Waals surface area contributed by atoms with Gasteiger partial charge in [0.05, 0.1) is 16.8 Å². The molecule has 0 saturated heterocycles. The van der Waals surface area contributed by atoms with E-state index in [4.69, 9.17) is 4.74 Å². The van der Waals surface area contributed by atoms with E-state index in [9.17, 15) is 0 Å². The van der Waals surface area contributed by atoms with Crippen molar-refractivity contribution in [2.24, 2.45) is 5.10 Å². The highest BCUT2D eigenvalue weighted by molar-refractivity contribution is 9.10. The summed E-state index contributed by atoms with van der Waals surface area (Å²) >= 11 is 3.48. The average molecular weight is 285 g/mol. The minimum Gasteiger partial charge on any atom is -0.490 e. The lowest BCUT2D eigenvalue weighted by Crippen LogP contribution is -2.06. The van der Waals surface area contributed by atoms with Gasteiger partial charge in [-0.05, 0) is 53.5 Å². The number of nitrogens with zero attached hydrogens (tertiary/aromatic N) is 2. The first-order valence-corrected chi connectivity index (χ1v) is 5.96. The first-order chi connectivity index (χ1) is 7.49. The number of hydrogen-bond acceptors (Lipinski definition) is 3. The van der Waals surface area contributed by atoms with Crippen LogP contribution in [0.15, 0.2) is 27.8 Å². The number of hydrazone groups is 1. The molecule has 88 valence electrons. The van der Waals surface area contributed by atoms with E-state index < -0.39 is 0 Å². The van der Waals surface area contributed by atoms with Crippen LogP contribution in [-0.4, -0.2) is 31.4 Å². The molecule has 0 fully saturated rings. The van der Waals surface area contributed by atoms with Crippen LogP contribution in [0.4, 0.5) is 0 Å². The Bertz CT molecular complexity index is 375. The van der Waals surface area contributed by atoms with Crippen molar-refractivity contribution in [2.45, 2.75) is 20.0 Å². The highest BCUT2D eigenvalue weighted by Gasteiger charge is 2.03. The summed E-state index contributed by atoms with van der Waals surface area (Å²) in [4.78, 5) is 0. The first-order valence-electron chi connectivity index (χ1n) is 5.16. The summed E-state index contributed by atoms with van der Waals surface area (Å²) in [5.41, 5.74) is 1.04. The molecule has 0 unspecified atom stereocenters. The molecule has 1 aromatic carbocycles. The van der Waals surface area contributed by atoms with Crippen LogP contribution in [0.25, 0.3) is 0 Å². The van der Waals surface area contributed by atoms with Gasteiger partial charge in [-0.2, -0.15) is 5.10 Å². The van der Waals surface area contributed by atoms with Gasteiger partial charge in [-0.25, -0.2) is 0 Å². The quantitative estimate of drug-likeness (QED) is 0.627. The SMILES string of the molecule is CC(C)Oc1ccc(/C=N/N(C)C)cc1Br. The zero-order valence-corrected chi connectivity index (χ0v) is 11.7. The molecular weight excluding hydrogens is 268 g/mol. The van der Waals surface area contributed by atoms with E-state index in [-0.39, 0.29) is 6.10 Å². The lowest BCUT2D eigenvalue weighted by Gasteiger charge is -2.11. The third-order valence-electron chi connectivity index (χ3n) is 1.76. The van der Waals surface area contributed by atoms with Crippen LogP contribution >= 0.6 is 15.9 Å². The first kappa shape index (κ1) is 13.0. The van der Waals surface area contributed by atoms with Crippen molar-refractivity contribution in [1.82, 2.24) is 5.01 Å². The average Bonchev–Trinajstić information content (AvgIpc) is 2.18. The minimum absolute atomic E-state index is 0.178. The predicted molar refractivity (Wildman–Crippen MR) is 71.2 cm³/mol. The fourth-order valence-corrected chi connectivity index (χ4v) is 1.62. The minimum atomic E-state index is 0.178. The molecule has 4 heteroatoms. The predicted octanol–water partition coefficient (Wildman–Crippen LogP) is 3.13. The van der Waals surface area contributed by atoms with Gasteiger partial charge in [0.2, 0.25) is 0 Å². The van der Waals surface area contributed by atoms with Crippen LogP contribution < -0.4 is 4.74 Å².